The van der Waals surface area contributed by atoms with Gasteiger partial charge in [-0.3, -0.25) is 4.90 Å². The minimum Gasteiger partial charge on any atom is -0.380 e. The maximum atomic E-state index is 6.25. The van der Waals surface area contributed by atoms with Crippen LogP contribution in [0.15, 0.2) is 0 Å². The van der Waals surface area contributed by atoms with Gasteiger partial charge < -0.3 is 15.4 Å². The molecule has 0 aromatic rings. The number of likely N-dealkylation sites (tertiary alicyclic amines) is 2. The third kappa shape index (κ3) is 3.35. The van der Waals surface area contributed by atoms with Crippen molar-refractivity contribution in [2.45, 2.75) is 51.2 Å². The molecule has 2 heterocycles. The van der Waals surface area contributed by atoms with Gasteiger partial charge in [0.2, 0.25) is 0 Å². The summed E-state index contributed by atoms with van der Waals surface area (Å²) in [6.45, 7) is 11.2. The summed E-state index contributed by atoms with van der Waals surface area (Å²) in [5.41, 5.74) is 6.46. The highest BCUT2D eigenvalue weighted by Crippen LogP contribution is 2.32. The van der Waals surface area contributed by atoms with E-state index in [0.29, 0.717) is 12.0 Å². The van der Waals surface area contributed by atoms with Crippen molar-refractivity contribution in [2.24, 2.45) is 11.7 Å². The Morgan fingerprint density at radius 2 is 2.05 bits per heavy atom. The van der Waals surface area contributed by atoms with Crippen molar-refractivity contribution in [3.63, 3.8) is 0 Å². The second-order valence-electron chi connectivity index (χ2n) is 6.70. The van der Waals surface area contributed by atoms with E-state index in [1.54, 1.807) is 0 Å². The van der Waals surface area contributed by atoms with Gasteiger partial charge in [-0.05, 0) is 57.8 Å². The number of methoxy groups -OCH3 is 1. The molecule has 4 heteroatoms. The van der Waals surface area contributed by atoms with Crippen LogP contribution in [0.25, 0.3) is 0 Å². The Bertz CT molecular complexity index is 299. The van der Waals surface area contributed by atoms with Crippen molar-refractivity contribution in [1.82, 2.24) is 9.80 Å². The summed E-state index contributed by atoms with van der Waals surface area (Å²) in [5.74, 6) is 0.670. The molecule has 3 atom stereocenters. The lowest BCUT2D eigenvalue weighted by molar-refractivity contribution is -0.0486. The molecule has 2 aliphatic rings. The molecule has 0 aliphatic carbocycles. The Labute approximate surface area is 124 Å². The van der Waals surface area contributed by atoms with Crippen molar-refractivity contribution in [3.05, 3.63) is 0 Å². The third-order valence-corrected chi connectivity index (χ3v) is 5.70. The van der Waals surface area contributed by atoms with Crippen LogP contribution in [0.1, 0.15) is 39.5 Å². The quantitative estimate of drug-likeness (QED) is 0.850. The molecule has 4 nitrogen and oxygen atoms in total. The maximum absolute atomic E-state index is 6.25. The van der Waals surface area contributed by atoms with Crippen LogP contribution in [0.4, 0.5) is 0 Å². The second kappa shape index (κ2) is 7.21. The van der Waals surface area contributed by atoms with Crippen molar-refractivity contribution in [3.8, 4) is 0 Å². The monoisotopic (exact) mass is 283 g/mol. The molecular formula is C16H33N3O. The molecule has 0 spiro atoms. The van der Waals surface area contributed by atoms with E-state index in [1.165, 1.54) is 51.9 Å². The molecule has 0 saturated carbocycles. The third-order valence-electron chi connectivity index (χ3n) is 5.70. The zero-order valence-electron chi connectivity index (χ0n) is 13.6. The van der Waals surface area contributed by atoms with Gasteiger partial charge >= 0.3 is 0 Å². The average Bonchev–Trinajstić information content (AvgIpc) is 2.70. The molecule has 0 amide bonds. The molecule has 20 heavy (non-hydrogen) atoms. The Hall–Kier alpha value is -0.160. The predicted molar refractivity (Wildman–Crippen MR) is 83.9 cm³/mol. The largest absolute Gasteiger partial charge is 0.380 e. The number of nitrogens with two attached hydrogens (primary N) is 1. The zero-order valence-corrected chi connectivity index (χ0v) is 13.6. The number of piperidine rings is 1. The molecule has 0 aromatic carbocycles. The summed E-state index contributed by atoms with van der Waals surface area (Å²) in [7, 11) is 1.85. The lowest BCUT2D eigenvalue weighted by atomic mass is 9.84. The van der Waals surface area contributed by atoms with Crippen molar-refractivity contribution in [2.75, 3.05) is 46.4 Å². The highest BCUT2D eigenvalue weighted by molar-refractivity contribution is 4.97. The van der Waals surface area contributed by atoms with E-state index in [-0.39, 0.29) is 5.54 Å². The van der Waals surface area contributed by atoms with Crippen molar-refractivity contribution in [1.29, 1.82) is 0 Å². The second-order valence-corrected chi connectivity index (χ2v) is 6.70. The number of hydrogen-bond acceptors (Lipinski definition) is 4. The molecule has 2 N–H and O–H groups in total. The summed E-state index contributed by atoms with van der Waals surface area (Å²) in [6, 6.07) is 0. The van der Waals surface area contributed by atoms with Gasteiger partial charge in [0.25, 0.3) is 0 Å². The van der Waals surface area contributed by atoms with Crippen LogP contribution < -0.4 is 5.73 Å². The van der Waals surface area contributed by atoms with E-state index >= 15 is 0 Å². The molecule has 2 rings (SSSR count). The van der Waals surface area contributed by atoms with E-state index in [0.717, 1.165) is 13.1 Å². The number of rotatable bonds is 4. The first-order valence-corrected chi connectivity index (χ1v) is 8.35. The van der Waals surface area contributed by atoms with Crippen molar-refractivity contribution >= 4 is 0 Å². The smallest absolute Gasteiger partial charge is 0.0724 e. The highest BCUT2D eigenvalue weighted by Gasteiger charge is 2.40. The van der Waals surface area contributed by atoms with E-state index < -0.39 is 0 Å². The maximum Gasteiger partial charge on any atom is 0.0724 e. The van der Waals surface area contributed by atoms with Crippen LogP contribution in [0, 0.1) is 5.92 Å². The molecule has 0 radical (unpaired) electrons. The van der Waals surface area contributed by atoms with E-state index in [9.17, 15) is 0 Å². The predicted octanol–water partition coefficient (Wildman–Crippen LogP) is 1.55. The number of hydrogen-bond donors (Lipinski definition) is 1. The Kier molecular flexibility index (Phi) is 5.84. The lowest BCUT2D eigenvalue weighted by Crippen LogP contribution is -2.59. The Morgan fingerprint density at radius 3 is 2.70 bits per heavy atom. The topological polar surface area (TPSA) is 41.7 Å². The van der Waals surface area contributed by atoms with Crippen LogP contribution >= 0.6 is 0 Å². The SMILES string of the molecule is CCN1CCCC(CN)(N2CCC(C)C(OC)C2)CC1. The minimum absolute atomic E-state index is 0.209. The first-order valence-electron chi connectivity index (χ1n) is 8.35. The first kappa shape index (κ1) is 16.2. The molecular weight excluding hydrogens is 250 g/mol. The van der Waals surface area contributed by atoms with Gasteiger partial charge in [0.1, 0.15) is 0 Å². The molecule has 3 unspecified atom stereocenters. The van der Waals surface area contributed by atoms with Crippen LogP contribution in [-0.4, -0.2) is 67.8 Å². The first-order chi connectivity index (χ1) is 9.65. The lowest BCUT2D eigenvalue weighted by Gasteiger charge is -2.48. The number of nitrogens with zero attached hydrogens (tertiary/aromatic N) is 2. The van der Waals surface area contributed by atoms with Crippen molar-refractivity contribution < 1.29 is 4.74 Å². The molecule has 0 aromatic heterocycles. The van der Waals surface area contributed by atoms with Crippen LogP contribution in [0.2, 0.25) is 0 Å². The number of ether oxygens (including phenoxy) is 1. The standard InChI is InChI=1S/C16H33N3O/c1-4-18-9-5-7-16(13-17,8-11-18)19-10-6-14(2)15(12-19)20-3/h14-15H,4-13,17H2,1-3H3. The molecule has 2 aliphatic heterocycles. The Morgan fingerprint density at radius 1 is 1.25 bits per heavy atom. The minimum atomic E-state index is 0.209. The van der Waals surface area contributed by atoms with Crippen LogP contribution in [-0.2, 0) is 4.74 Å². The van der Waals surface area contributed by atoms with Gasteiger partial charge in [0, 0.05) is 25.7 Å². The normalized spacial score (nSPS) is 37.8. The van der Waals surface area contributed by atoms with Gasteiger partial charge in [0.15, 0.2) is 0 Å². The van der Waals surface area contributed by atoms with Gasteiger partial charge in [0.05, 0.1) is 6.10 Å². The zero-order chi connectivity index (χ0) is 14.6. The van der Waals surface area contributed by atoms with Crippen LogP contribution in [0.3, 0.4) is 0 Å². The van der Waals surface area contributed by atoms with E-state index in [2.05, 4.69) is 23.6 Å². The van der Waals surface area contributed by atoms with Gasteiger partial charge in [-0.25, -0.2) is 0 Å². The summed E-state index contributed by atoms with van der Waals surface area (Å²) in [4.78, 5) is 5.22. The summed E-state index contributed by atoms with van der Waals surface area (Å²) < 4.78 is 5.69. The molecule has 2 fully saturated rings. The van der Waals surface area contributed by atoms with Gasteiger partial charge in [-0.2, -0.15) is 0 Å². The molecule has 0 bridgehead atoms. The van der Waals surface area contributed by atoms with Crippen LogP contribution in [0.5, 0.6) is 0 Å². The molecule has 118 valence electrons. The van der Waals surface area contributed by atoms with E-state index in [1.807, 2.05) is 7.11 Å². The highest BCUT2D eigenvalue weighted by atomic mass is 16.5. The van der Waals surface area contributed by atoms with Gasteiger partial charge in [-0.15, -0.1) is 0 Å². The molecule has 2 saturated heterocycles. The fraction of sp³-hybridized carbons (Fsp3) is 1.00. The van der Waals surface area contributed by atoms with Gasteiger partial charge in [-0.1, -0.05) is 13.8 Å². The fourth-order valence-electron chi connectivity index (χ4n) is 3.97. The summed E-state index contributed by atoms with van der Waals surface area (Å²) in [6.07, 6.45) is 5.33. The summed E-state index contributed by atoms with van der Waals surface area (Å²) >= 11 is 0. The fourth-order valence-corrected chi connectivity index (χ4v) is 3.97. The average molecular weight is 283 g/mol. The van der Waals surface area contributed by atoms with E-state index in [4.69, 9.17) is 10.5 Å². The Balaban J connectivity index is 2.06. The summed E-state index contributed by atoms with van der Waals surface area (Å²) in [5, 5.41) is 0.